The van der Waals surface area contributed by atoms with E-state index in [1.54, 1.807) is 7.11 Å². The van der Waals surface area contributed by atoms with Gasteiger partial charge in [0.15, 0.2) is 0 Å². The van der Waals surface area contributed by atoms with E-state index in [0.717, 1.165) is 22.0 Å². The molecule has 0 saturated heterocycles. The molecular formula is C21H21NO3. The molecule has 0 fully saturated rings. The highest BCUT2D eigenvalue weighted by Gasteiger charge is 2.08. The largest absolute Gasteiger partial charge is 0.491 e. The first kappa shape index (κ1) is 17.0. The number of carbonyl (C=O) groups is 1. The molecule has 0 radical (unpaired) electrons. The fraction of sp³-hybridized carbons (Fsp3) is 0.190. The standard InChI is InChI=1S/C21H21NO3/c1-24-12-13-25-19-10-5-9-18(15-19)22-21(23)14-17-8-4-7-16-6-2-3-11-20(16)17/h2-11,15H,12-14H2,1H3,(H,22,23). The lowest BCUT2D eigenvalue weighted by atomic mass is 10.0. The summed E-state index contributed by atoms with van der Waals surface area (Å²) in [6.45, 7) is 1.00. The fourth-order valence-electron chi connectivity index (χ4n) is 2.73. The zero-order chi connectivity index (χ0) is 17.5. The maximum Gasteiger partial charge on any atom is 0.228 e. The number of anilines is 1. The van der Waals surface area contributed by atoms with Crippen LogP contribution in [0.5, 0.6) is 5.75 Å². The van der Waals surface area contributed by atoms with Gasteiger partial charge in [0.2, 0.25) is 5.91 Å². The predicted molar refractivity (Wildman–Crippen MR) is 100 cm³/mol. The number of hydrogen-bond acceptors (Lipinski definition) is 3. The van der Waals surface area contributed by atoms with Crippen LogP contribution < -0.4 is 10.1 Å². The van der Waals surface area contributed by atoms with Crippen LogP contribution in [0.25, 0.3) is 10.8 Å². The van der Waals surface area contributed by atoms with Gasteiger partial charge in [-0.2, -0.15) is 0 Å². The molecule has 0 unspecified atom stereocenters. The van der Waals surface area contributed by atoms with Crippen molar-refractivity contribution < 1.29 is 14.3 Å². The number of methoxy groups -OCH3 is 1. The van der Waals surface area contributed by atoms with Gasteiger partial charge in [-0.05, 0) is 28.5 Å². The van der Waals surface area contributed by atoms with Crippen molar-refractivity contribution in [1.29, 1.82) is 0 Å². The molecule has 4 heteroatoms. The van der Waals surface area contributed by atoms with E-state index in [9.17, 15) is 4.79 Å². The molecule has 3 aromatic carbocycles. The third-order valence-corrected chi connectivity index (χ3v) is 3.90. The summed E-state index contributed by atoms with van der Waals surface area (Å²) in [5, 5.41) is 5.18. The Morgan fingerprint density at radius 1 is 0.960 bits per heavy atom. The molecule has 1 N–H and O–H groups in total. The van der Waals surface area contributed by atoms with Gasteiger partial charge in [-0.1, -0.05) is 48.5 Å². The lowest BCUT2D eigenvalue weighted by Crippen LogP contribution is -2.14. The van der Waals surface area contributed by atoms with Crippen LogP contribution in [-0.4, -0.2) is 26.2 Å². The highest BCUT2D eigenvalue weighted by molar-refractivity contribution is 5.96. The lowest BCUT2D eigenvalue weighted by Gasteiger charge is -2.10. The van der Waals surface area contributed by atoms with Crippen LogP contribution in [0.3, 0.4) is 0 Å². The maximum absolute atomic E-state index is 12.4. The van der Waals surface area contributed by atoms with Crippen molar-refractivity contribution in [1.82, 2.24) is 0 Å². The minimum Gasteiger partial charge on any atom is -0.491 e. The minimum atomic E-state index is -0.0506. The summed E-state index contributed by atoms with van der Waals surface area (Å²) in [6.07, 6.45) is 0.329. The van der Waals surface area contributed by atoms with Gasteiger partial charge >= 0.3 is 0 Å². The summed E-state index contributed by atoms with van der Waals surface area (Å²) in [4.78, 5) is 12.4. The Kier molecular flexibility index (Phi) is 5.65. The average molecular weight is 335 g/mol. The predicted octanol–water partition coefficient (Wildman–Crippen LogP) is 4.05. The molecule has 0 aliphatic heterocycles. The summed E-state index contributed by atoms with van der Waals surface area (Å²) in [5.74, 6) is 0.658. The van der Waals surface area contributed by atoms with Gasteiger partial charge < -0.3 is 14.8 Å². The SMILES string of the molecule is COCCOc1cccc(NC(=O)Cc2cccc3ccccc23)c1. The van der Waals surface area contributed by atoms with Crippen LogP contribution in [0.15, 0.2) is 66.7 Å². The van der Waals surface area contributed by atoms with Crippen molar-refractivity contribution >= 4 is 22.4 Å². The highest BCUT2D eigenvalue weighted by atomic mass is 16.5. The number of carbonyl (C=O) groups excluding carboxylic acids is 1. The molecule has 0 bridgehead atoms. The Labute approximate surface area is 147 Å². The molecule has 0 aliphatic rings. The Morgan fingerprint density at radius 3 is 2.64 bits per heavy atom. The molecule has 1 amide bonds. The molecule has 3 aromatic rings. The van der Waals surface area contributed by atoms with E-state index in [1.165, 1.54) is 0 Å². The number of nitrogens with one attached hydrogen (secondary N) is 1. The Balaban J connectivity index is 1.67. The molecule has 4 nitrogen and oxygen atoms in total. The van der Waals surface area contributed by atoms with Crippen molar-refractivity contribution in [3.63, 3.8) is 0 Å². The van der Waals surface area contributed by atoms with Crippen molar-refractivity contribution in [3.8, 4) is 5.75 Å². The third kappa shape index (κ3) is 4.58. The molecular weight excluding hydrogens is 314 g/mol. The number of hydrogen-bond donors (Lipinski definition) is 1. The van der Waals surface area contributed by atoms with E-state index in [4.69, 9.17) is 9.47 Å². The quantitative estimate of drug-likeness (QED) is 0.663. The minimum absolute atomic E-state index is 0.0506. The van der Waals surface area contributed by atoms with E-state index in [0.29, 0.717) is 25.4 Å². The molecule has 128 valence electrons. The first-order valence-electron chi connectivity index (χ1n) is 8.24. The van der Waals surface area contributed by atoms with Gasteiger partial charge in [-0.15, -0.1) is 0 Å². The third-order valence-electron chi connectivity index (χ3n) is 3.90. The van der Waals surface area contributed by atoms with Crippen LogP contribution in [0.4, 0.5) is 5.69 Å². The summed E-state index contributed by atoms with van der Waals surface area (Å²) in [6, 6.07) is 21.5. The van der Waals surface area contributed by atoms with Gasteiger partial charge in [-0.25, -0.2) is 0 Å². The summed E-state index contributed by atoms with van der Waals surface area (Å²) in [7, 11) is 1.63. The van der Waals surface area contributed by atoms with Crippen LogP contribution in [0, 0.1) is 0 Å². The van der Waals surface area contributed by atoms with E-state index >= 15 is 0 Å². The molecule has 0 spiro atoms. The van der Waals surface area contributed by atoms with Gasteiger partial charge in [0, 0.05) is 18.9 Å². The number of fused-ring (bicyclic) bond motifs is 1. The zero-order valence-corrected chi connectivity index (χ0v) is 14.2. The summed E-state index contributed by atoms with van der Waals surface area (Å²) >= 11 is 0. The van der Waals surface area contributed by atoms with Crippen LogP contribution in [-0.2, 0) is 16.0 Å². The van der Waals surface area contributed by atoms with E-state index < -0.39 is 0 Å². The average Bonchev–Trinajstić information content (AvgIpc) is 2.62. The second-order valence-electron chi connectivity index (χ2n) is 5.73. The molecule has 0 aliphatic carbocycles. The van der Waals surface area contributed by atoms with Crippen LogP contribution >= 0.6 is 0 Å². The smallest absolute Gasteiger partial charge is 0.228 e. The number of rotatable bonds is 7. The zero-order valence-electron chi connectivity index (χ0n) is 14.2. The van der Waals surface area contributed by atoms with Crippen LogP contribution in [0.2, 0.25) is 0 Å². The normalized spacial score (nSPS) is 10.6. The molecule has 0 heterocycles. The number of benzene rings is 3. The summed E-state index contributed by atoms with van der Waals surface area (Å²) in [5.41, 5.74) is 1.74. The topological polar surface area (TPSA) is 47.6 Å². The summed E-state index contributed by atoms with van der Waals surface area (Å²) < 4.78 is 10.5. The Bertz CT molecular complexity index is 855. The maximum atomic E-state index is 12.4. The molecule has 0 atom stereocenters. The monoisotopic (exact) mass is 335 g/mol. The van der Waals surface area contributed by atoms with Crippen LogP contribution in [0.1, 0.15) is 5.56 Å². The van der Waals surface area contributed by atoms with E-state index in [1.807, 2.05) is 54.6 Å². The van der Waals surface area contributed by atoms with Gasteiger partial charge in [0.25, 0.3) is 0 Å². The molecule has 25 heavy (non-hydrogen) atoms. The van der Waals surface area contributed by atoms with Crippen molar-refractivity contribution in [2.24, 2.45) is 0 Å². The van der Waals surface area contributed by atoms with E-state index in [-0.39, 0.29) is 5.91 Å². The fourth-order valence-corrected chi connectivity index (χ4v) is 2.73. The first-order valence-corrected chi connectivity index (χ1v) is 8.24. The number of amides is 1. The Hall–Kier alpha value is -2.85. The second-order valence-corrected chi connectivity index (χ2v) is 5.73. The van der Waals surface area contributed by atoms with Crippen molar-refractivity contribution in [2.45, 2.75) is 6.42 Å². The molecule has 0 aromatic heterocycles. The van der Waals surface area contributed by atoms with Gasteiger partial charge in [0.05, 0.1) is 13.0 Å². The van der Waals surface area contributed by atoms with Crippen molar-refractivity contribution in [3.05, 3.63) is 72.3 Å². The first-order chi connectivity index (χ1) is 12.3. The Morgan fingerprint density at radius 2 is 1.76 bits per heavy atom. The highest BCUT2D eigenvalue weighted by Crippen LogP contribution is 2.21. The second kappa shape index (κ2) is 8.31. The van der Waals surface area contributed by atoms with Gasteiger partial charge in [-0.3, -0.25) is 4.79 Å². The van der Waals surface area contributed by atoms with E-state index in [2.05, 4.69) is 17.4 Å². The lowest BCUT2D eigenvalue weighted by molar-refractivity contribution is -0.115. The van der Waals surface area contributed by atoms with Gasteiger partial charge in [0.1, 0.15) is 12.4 Å². The molecule has 0 saturated carbocycles. The van der Waals surface area contributed by atoms with Crippen molar-refractivity contribution in [2.75, 3.05) is 25.6 Å². The molecule has 3 rings (SSSR count). The number of ether oxygens (including phenoxy) is 2.